The van der Waals surface area contributed by atoms with Gasteiger partial charge in [0.25, 0.3) is 0 Å². The Morgan fingerprint density at radius 1 is 1.57 bits per heavy atom. The summed E-state index contributed by atoms with van der Waals surface area (Å²) >= 11 is 0. The standard InChI is InChI=1S/C10H17N3O/c1-8(2)5-12-6-9-3-4-11-10(14)13(9)7-12/h6,8H,3-5,7H2,1-2H3,(H,11,14). The lowest BCUT2D eigenvalue weighted by atomic mass is 10.2. The van der Waals surface area contributed by atoms with Gasteiger partial charge in [-0.25, -0.2) is 4.79 Å². The van der Waals surface area contributed by atoms with Crippen molar-refractivity contribution in [2.45, 2.75) is 20.3 Å². The Balaban J connectivity index is 2.02. The van der Waals surface area contributed by atoms with Crippen molar-refractivity contribution in [2.75, 3.05) is 19.8 Å². The predicted molar refractivity (Wildman–Crippen MR) is 54.3 cm³/mol. The van der Waals surface area contributed by atoms with E-state index in [0.717, 1.165) is 31.9 Å². The monoisotopic (exact) mass is 195 g/mol. The second kappa shape index (κ2) is 3.52. The summed E-state index contributed by atoms with van der Waals surface area (Å²) in [4.78, 5) is 15.5. The van der Waals surface area contributed by atoms with Gasteiger partial charge in [-0.3, -0.25) is 4.90 Å². The average Bonchev–Trinajstić information content (AvgIpc) is 2.47. The van der Waals surface area contributed by atoms with E-state index in [1.165, 1.54) is 0 Å². The van der Waals surface area contributed by atoms with Gasteiger partial charge < -0.3 is 10.2 Å². The molecule has 2 amide bonds. The van der Waals surface area contributed by atoms with Crippen LogP contribution in [-0.4, -0.2) is 35.6 Å². The lowest BCUT2D eigenvalue weighted by Crippen LogP contribution is -2.45. The highest BCUT2D eigenvalue weighted by Gasteiger charge is 2.29. The number of carbonyl (C=O) groups is 1. The molecule has 0 saturated carbocycles. The molecule has 2 rings (SSSR count). The molecule has 0 unspecified atom stereocenters. The van der Waals surface area contributed by atoms with E-state index >= 15 is 0 Å². The third-order valence-electron chi connectivity index (χ3n) is 2.50. The number of carbonyl (C=O) groups excluding carboxylic acids is 1. The fraction of sp³-hybridized carbons (Fsp3) is 0.700. The minimum Gasteiger partial charge on any atom is -0.358 e. The maximum Gasteiger partial charge on any atom is 0.323 e. The van der Waals surface area contributed by atoms with Crippen molar-refractivity contribution >= 4 is 6.03 Å². The largest absolute Gasteiger partial charge is 0.358 e. The predicted octanol–water partition coefficient (Wildman–Crippen LogP) is 1.17. The number of amides is 2. The second-order valence-electron chi connectivity index (χ2n) is 4.34. The number of fused-ring (bicyclic) bond motifs is 1. The van der Waals surface area contributed by atoms with Crippen LogP contribution >= 0.6 is 0 Å². The summed E-state index contributed by atoms with van der Waals surface area (Å²) < 4.78 is 0. The van der Waals surface area contributed by atoms with E-state index in [2.05, 4.69) is 30.3 Å². The van der Waals surface area contributed by atoms with E-state index < -0.39 is 0 Å². The average molecular weight is 195 g/mol. The Kier molecular flexibility index (Phi) is 2.35. The zero-order valence-electron chi connectivity index (χ0n) is 8.79. The van der Waals surface area contributed by atoms with E-state index in [0.29, 0.717) is 5.92 Å². The van der Waals surface area contributed by atoms with Crippen LogP contribution in [0.5, 0.6) is 0 Å². The number of hydrogen-bond acceptors (Lipinski definition) is 2. The van der Waals surface area contributed by atoms with Crippen LogP contribution in [-0.2, 0) is 0 Å². The number of hydrogen-bond donors (Lipinski definition) is 1. The van der Waals surface area contributed by atoms with Crippen LogP contribution in [0, 0.1) is 5.92 Å². The van der Waals surface area contributed by atoms with E-state index in [9.17, 15) is 4.79 Å². The molecule has 0 spiro atoms. The summed E-state index contributed by atoms with van der Waals surface area (Å²) in [6.45, 7) is 6.90. The van der Waals surface area contributed by atoms with Crippen molar-refractivity contribution in [2.24, 2.45) is 5.92 Å². The van der Waals surface area contributed by atoms with Gasteiger partial charge in [0.1, 0.15) is 0 Å². The fourth-order valence-corrected chi connectivity index (χ4v) is 1.96. The van der Waals surface area contributed by atoms with Crippen molar-refractivity contribution in [3.8, 4) is 0 Å². The Morgan fingerprint density at radius 3 is 3.00 bits per heavy atom. The summed E-state index contributed by atoms with van der Waals surface area (Å²) in [5.41, 5.74) is 1.16. The molecule has 0 radical (unpaired) electrons. The first kappa shape index (κ1) is 9.37. The highest BCUT2D eigenvalue weighted by molar-refractivity contribution is 5.77. The molecule has 0 aromatic heterocycles. The molecular weight excluding hydrogens is 178 g/mol. The molecule has 2 aliphatic heterocycles. The summed E-state index contributed by atoms with van der Waals surface area (Å²) in [7, 11) is 0. The minimum atomic E-state index is 0.0498. The van der Waals surface area contributed by atoms with Crippen molar-refractivity contribution < 1.29 is 4.79 Å². The van der Waals surface area contributed by atoms with Gasteiger partial charge in [0, 0.05) is 31.4 Å². The molecule has 0 bridgehead atoms. The summed E-state index contributed by atoms with van der Waals surface area (Å²) in [5.74, 6) is 0.635. The van der Waals surface area contributed by atoms with Crippen molar-refractivity contribution in [3.05, 3.63) is 11.9 Å². The SMILES string of the molecule is CC(C)CN1C=C2CCNC(=O)N2C1. The fourth-order valence-electron chi connectivity index (χ4n) is 1.96. The van der Waals surface area contributed by atoms with Gasteiger partial charge in [-0.2, -0.15) is 0 Å². The van der Waals surface area contributed by atoms with Gasteiger partial charge in [0.05, 0.1) is 6.67 Å². The van der Waals surface area contributed by atoms with Gasteiger partial charge in [-0.05, 0) is 5.92 Å². The van der Waals surface area contributed by atoms with Crippen LogP contribution in [0.25, 0.3) is 0 Å². The lowest BCUT2D eigenvalue weighted by Gasteiger charge is -2.26. The van der Waals surface area contributed by atoms with Crippen LogP contribution < -0.4 is 5.32 Å². The van der Waals surface area contributed by atoms with Crippen LogP contribution in [0.3, 0.4) is 0 Å². The number of urea groups is 1. The molecular formula is C10H17N3O. The van der Waals surface area contributed by atoms with Gasteiger partial charge in [-0.15, -0.1) is 0 Å². The molecule has 0 aromatic carbocycles. The van der Waals surface area contributed by atoms with Crippen LogP contribution in [0.2, 0.25) is 0 Å². The van der Waals surface area contributed by atoms with Gasteiger partial charge in [-0.1, -0.05) is 13.8 Å². The Labute approximate surface area is 84.6 Å². The second-order valence-corrected chi connectivity index (χ2v) is 4.34. The molecule has 4 nitrogen and oxygen atoms in total. The van der Waals surface area contributed by atoms with E-state index in [-0.39, 0.29) is 6.03 Å². The van der Waals surface area contributed by atoms with Gasteiger partial charge in [0.2, 0.25) is 0 Å². The Bertz CT molecular complexity index is 273. The number of nitrogens with one attached hydrogen (secondary N) is 1. The van der Waals surface area contributed by atoms with E-state index in [1.54, 1.807) is 0 Å². The molecule has 2 aliphatic rings. The van der Waals surface area contributed by atoms with Crippen molar-refractivity contribution in [3.63, 3.8) is 0 Å². The number of nitrogens with zero attached hydrogens (tertiary/aromatic N) is 2. The molecule has 1 fully saturated rings. The van der Waals surface area contributed by atoms with Crippen molar-refractivity contribution in [1.29, 1.82) is 0 Å². The topological polar surface area (TPSA) is 35.6 Å². The molecule has 1 N–H and O–H groups in total. The quantitative estimate of drug-likeness (QED) is 0.718. The first-order valence-electron chi connectivity index (χ1n) is 5.17. The van der Waals surface area contributed by atoms with Crippen LogP contribution in [0.15, 0.2) is 11.9 Å². The lowest BCUT2D eigenvalue weighted by molar-refractivity contribution is 0.187. The minimum absolute atomic E-state index is 0.0498. The third-order valence-corrected chi connectivity index (χ3v) is 2.50. The van der Waals surface area contributed by atoms with Crippen LogP contribution in [0.4, 0.5) is 4.79 Å². The molecule has 4 heteroatoms. The van der Waals surface area contributed by atoms with E-state index in [4.69, 9.17) is 0 Å². The molecule has 2 heterocycles. The normalized spacial score (nSPS) is 21.1. The molecule has 14 heavy (non-hydrogen) atoms. The Hall–Kier alpha value is -1.19. The zero-order chi connectivity index (χ0) is 10.1. The highest BCUT2D eigenvalue weighted by Crippen LogP contribution is 2.22. The van der Waals surface area contributed by atoms with Crippen LogP contribution in [0.1, 0.15) is 20.3 Å². The molecule has 0 aliphatic carbocycles. The summed E-state index contributed by atoms with van der Waals surface area (Å²) in [6, 6.07) is 0.0498. The molecule has 0 aromatic rings. The summed E-state index contributed by atoms with van der Waals surface area (Å²) in [6.07, 6.45) is 3.08. The van der Waals surface area contributed by atoms with Crippen molar-refractivity contribution in [1.82, 2.24) is 15.1 Å². The molecule has 1 saturated heterocycles. The van der Waals surface area contributed by atoms with E-state index in [1.807, 2.05) is 4.90 Å². The third kappa shape index (κ3) is 1.69. The maximum absolute atomic E-state index is 11.5. The summed E-state index contributed by atoms with van der Waals surface area (Å²) in [5, 5.41) is 2.85. The smallest absolute Gasteiger partial charge is 0.323 e. The molecule has 0 atom stereocenters. The first-order chi connectivity index (χ1) is 6.66. The maximum atomic E-state index is 11.5. The first-order valence-corrected chi connectivity index (χ1v) is 5.17. The Morgan fingerprint density at radius 2 is 2.36 bits per heavy atom. The molecule has 78 valence electrons. The number of rotatable bonds is 2. The zero-order valence-corrected chi connectivity index (χ0v) is 8.79. The highest BCUT2D eigenvalue weighted by atomic mass is 16.2. The van der Waals surface area contributed by atoms with Gasteiger partial charge in [0.15, 0.2) is 0 Å². The van der Waals surface area contributed by atoms with Gasteiger partial charge >= 0.3 is 6.03 Å².